The van der Waals surface area contributed by atoms with E-state index in [2.05, 4.69) is 5.16 Å². The minimum Gasteiger partial charge on any atom is -0.409 e. The Morgan fingerprint density at radius 1 is 1.29 bits per heavy atom. The summed E-state index contributed by atoms with van der Waals surface area (Å²) < 4.78 is 36.8. The molecule has 3 N–H and O–H groups in total. The molecule has 0 spiro atoms. The molecule has 1 fully saturated rings. The van der Waals surface area contributed by atoms with Crippen molar-refractivity contribution in [3.05, 3.63) is 0 Å². The zero-order valence-corrected chi connectivity index (χ0v) is 12.1. The molecule has 5 nitrogen and oxygen atoms in total. The van der Waals surface area contributed by atoms with E-state index in [4.69, 9.17) is 10.9 Å². The summed E-state index contributed by atoms with van der Waals surface area (Å²) in [5.41, 5.74) is 4.53. The number of nitrogens with two attached hydrogens (primary N) is 1. The van der Waals surface area contributed by atoms with Crippen LogP contribution >= 0.6 is 0 Å². The Morgan fingerprint density at radius 2 is 1.81 bits per heavy atom. The van der Waals surface area contributed by atoms with Gasteiger partial charge in [0.25, 0.3) is 0 Å². The number of carbonyl (C=O) groups excluding carboxylic acids is 1. The topological polar surface area (TPSA) is 78.9 Å². The van der Waals surface area contributed by atoms with Crippen molar-refractivity contribution < 1.29 is 23.2 Å². The minimum absolute atomic E-state index is 0.201. The van der Waals surface area contributed by atoms with Crippen molar-refractivity contribution in [3.8, 4) is 0 Å². The van der Waals surface area contributed by atoms with Gasteiger partial charge in [-0.1, -0.05) is 30.8 Å². The summed E-state index contributed by atoms with van der Waals surface area (Å²) >= 11 is 0. The molecule has 1 rings (SSSR count). The van der Waals surface area contributed by atoms with Gasteiger partial charge in [0, 0.05) is 13.6 Å². The van der Waals surface area contributed by atoms with E-state index in [1.54, 1.807) is 0 Å². The van der Waals surface area contributed by atoms with E-state index in [1.807, 2.05) is 0 Å². The summed E-state index contributed by atoms with van der Waals surface area (Å²) in [6.45, 7) is -0.428. The van der Waals surface area contributed by atoms with Gasteiger partial charge < -0.3 is 15.8 Å². The molecular formula is C13H22F3N3O2. The van der Waals surface area contributed by atoms with Crippen LogP contribution in [0.1, 0.15) is 44.9 Å². The van der Waals surface area contributed by atoms with Crippen LogP contribution in [0.4, 0.5) is 13.2 Å². The maximum absolute atomic E-state index is 12.6. The third kappa shape index (κ3) is 4.50. The van der Waals surface area contributed by atoms with Gasteiger partial charge in [-0.15, -0.1) is 0 Å². The second-order valence-corrected chi connectivity index (χ2v) is 5.57. The van der Waals surface area contributed by atoms with Gasteiger partial charge >= 0.3 is 6.18 Å². The Morgan fingerprint density at radius 3 is 2.24 bits per heavy atom. The lowest BCUT2D eigenvalue weighted by molar-refractivity contribution is -0.148. The van der Waals surface area contributed by atoms with Crippen molar-refractivity contribution in [1.82, 2.24) is 4.90 Å². The van der Waals surface area contributed by atoms with E-state index in [1.165, 1.54) is 7.05 Å². The van der Waals surface area contributed by atoms with Crippen LogP contribution in [0.5, 0.6) is 0 Å². The van der Waals surface area contributed by atoms with E-state index in [9.17, 15) is 18.0 Å². The van der Waals surface area contributed by atoms with Crippen molar-refractivity contribution in [1.29, 1.82) is 0 Å². The Kier molecular flexibility index (Phi) is 5.86. The summed E-state index contributed by atoms with van der Waals surface area (Å²) in [5.74, 6) is -0.697. The summed E-state index contributed by atoms with van der Waals surface area (Å²) in [4.78, 5) is 13.6. The van der Waals surface area contributed by atoms with Crippen LogP contribution in [0.25, 0.3) is 0 Å². The predicted octanol–water partition coefficient (Wildman–Crippen LogP) is 2.48. The first-order valence-corrected chi connectivity index (χ1v) is 7.03. The summed E-state index contributed by atoms with van der Waals surface area (Å²) in [7, 11) is 1.32. The lowest BCUT2D eigenvalue weighted by Gasteiger charge is -2.34. The maximum atomic E-state index is 12.6. The molecule has 0 bridgehead atoms. The molecule has 0 radical (unpaired) electrons. The van der Waals surface area contributed by atoms with E-state index >= 15 is 0 Å². The minimum atomic E-state index is -4.32. The molecule has 1 aliphatic rings. The lowest BCUT2D eigenvalue weighted by atomic mass is 9.77. The molecule has 1 amide bonds. The number of rotatable bonds is 4. The van der Waals surface area contributed by atoms with Gasteiger partial charge in [-0.3, -0.25) is 4.79 Å². The number of amidine groups is 1. The van der Waals surface area contributed by atoms with Crippen LogP contribution in [-0.2, 0) is 4.79 Å². The SMILES string of the molecule is CN(CCC(F)(F)F)C(=O)C1(C(N)=NO)CCCCCC1. The Bertz CT molecular complexity index is 389. The molecule has 0 aromatic heterocycles. The zero-order chi connectivity index (χ0) is 16.1. The molecule has 0 aromatic carbocycles. The lowest BCUT2D eigenvalue weighted by Crippen LogP contribution is -2.50. The highest BCUT2D eigenvalue weighted by molar-refractivity contribution is 6.06. The summed E-state index contributed by atoms with van der Waals surface area (Å²) in [6, 6.07) is 0. The number of amides is 1. The Labute approximate surface area is 122 Å². The van der Waals surface area contributed by atoms with Crippen molar-refractivity contribution in [2.24, 2.45) is 16.3 Å². The van der Waals surface area contributed by atoms with Gasteiger partial charge in [-0.25, -0.2) is 0 Å². The largest absolute Gasteiger partial charge is 0.409 e. The molecular weight excluding hydrogens is 287 g/mol. The first-order valence-electron chi connectivity index (χ1n) is 7.03. The van der Waals surface area contributed by atoms with E-state index in [0.717, 1.165) is 30.6 Å². The van der Waals surface area contributed by atoms with Crippen molar-refractivity contribution in [2.45, 2.75) is 51.1 Å². The number of nitrogens with zero attached hydrogens (tertiary/aromatic N) is 2. The van der Waals surface area contributed by atoms with Crippen molar-refractivity contribution >= 4 is 11.7 Å². The van der Waals surface area contributed by atoms with Gasteiger partial charge in [0.15, 0.2) is 5.84 Å². The van der Waals surface area contributed by atoms with E-state index in [0.29, 0.717) is 12.8 Å². The smallest absolute Gasteiger partial charge is 0.390 e. The number of oxime groups is 1. The van der Waals surface area contributed by atoms with Gasteiger partial charge in [-0.05, 0) is 12.8 Å². The number of halogens is 3. The van der Waals surface area contributed by atoms with E-state index in [-0.39, 0.29) is 5.84 Å². The standard InChI is InChI=1S/C13H22F3N3O2/c1-19(9-8-13(14,15)16)11(20)12(10(17)18-21)6-4-2-3-5-7-12/h21H,2-9H2,1H3,(H2,17,18). The second-order valence-electron chi connectivity index (χ2n) is 5.57. The van der Waals surface area contributed by atoms with Crippen LogP contribution in [0, 0.1) is 5.41 Å². The van der Waals surface area contributed by atoms with Crippen molar-refractivity contribution in [3.63, 3.8) is 0 Å². The average Bonchev–Trinajstić information content (AvgIpc) is 2.68. The molecule has 21 heavy (non-hydrogen) atoms. The average molecular weight is 309 g/mol. The summed E-state index contributed by atoms with van der Waals surface area (Å²) in [5, 5.41) is 11.9. The molecule has 8 heteroatoms. The molecule has 0 unspecified atom stereocenters. The first-order chi connectivity index (χ1) is 9.73. The van der Waals surface area contributed by atoms with Gasteiger partial charge in [0.05, 0.1) is 6.42 Å². The molecule has 1 saturated carbocycles. The number of hydrogen-bond acceptors (Lipinski definition) is 3. The normalized spacial score (nSPS) is 19.9. The number of carbonyl (C=O) groups is 1. The van der Waals surface area contributed by atoms with Crippen LogP contribution in [-0.4, -0.2) is 41.6 Å². The summed E-state index contributed by atoms with van der Waals surface area (Å²) in [6.07, 6.45) is -1.26. The van der Waals surface area contributed by atoms with Gasteiger partial charge in [0.2, 0.25) is 5.91 Å². The fourth-order valence-corrected chi connectivity index (χ4v) is 2.77. The number of alkyl halides is 3. The van der Waals surface area contributed by atoms with Gasteiger partial charge in [-0.2, -0.15) is 13.2 Å². The molecule has 0 saturated heterocycles. The number of hydrogen-bond donors (Lipinski definition) is 2. The molecule has 0 atom stereocenters. The molecule has 0 heterocycles. The molecule has 1 aliphatic carbocycles. The molecule has 0 aromatic rings. The van der Waals surface area contributed by atoms with Crippen molar-refractivity contribution in [2.75, 3.05) is 13.6 Å². The Hall–Kier alpha value is -1.47. The third-order valence-corrected chi connectivity index (χ3v) is 4.04. The third-order valence-electron chi connectivity index (χ3n) is 4.04. The van der Waals surface area contributed by atoms with Crippen LogP contribution in [0.3, 0.4) is 0 Å². The highest BCUT2D eigenvalue weighted by Crippen LogP contribution is 2.37. The maximum Gasteiger partial charge on any atom is 0.390 e. The first kappa shape index (κ1) is 17.6. The monoisotopic (exact) mass is 309 g/mol. The second kappa shape index (κ2) is 7.00. The van der Waals surface area contributed by atoms with Gasteiger partial charge in [0.1, 0.15) is 5.41 Å². The molecule has 122 valence electrons. The highest BCUT2D eigenvalue weighted by atomic mass is 19.4. The van der Waals surface area contributed by atoms with E-state index < -0.39 is 30.5 Å². The fraction of sp³-hybridized carbons (Fsp3) is 0.846. The molecule has 0 aliphatic heterocycles. The van der Waals surface area contributed by atoms with Crippen LogP contribution < -0.4 is 5.73 Å². The predicted molar refractivity (Wildman–Crippen MR) is 71.9 cm³/mol. The Balaban J connectivity index is 2.90. The quantitative estimate of drug-likeness (QED) is 0.275. The zero-order valence-electron chi connectivity index (χ0n) is 12.1. The van der Waals surface area contributed by atoms with Crippen LogP contribution in [0.2, 0.25) is 0 Å². The highest BCUT2D eigenvalue weighted by Gasteiger charge is 2.45. The fourth-order valence-electron chi connectivity index (χ4n) is 2.77. The van der Waals surface area contributed by atoms with Crippen LogP contribution in [0.15, 0.2) is 5.16 Å².